The summed E-state index contributed by atoms with van der Waals surface area (Å²) in [7, 11) is 0. The Balaban J connectivity index is 1.52. The number of hydrogen-bond acceptors (Lipinski definition) is 2. The van der Waals surface area contributed by atoms with E-state index in [0.717, 1.165) is 23.4 Å². The molecule has 0 saturated heterocycles. The molecule has 0 saturated carbocycles. The normalized spacial score (nSPS) is 11.3. The van der Waals surface area contributed by atoms with Crippen molar-refractivity contribution in [1.82, 2.24) is 15.1 Å². The Labute approximate surface area is 148 Å². The van der Waals surface area contributed by atoms with Crippen LogP contribution in [-0.2, 0) is 23.9 Å². The number of alkyl halides is 3. The zero-order valence-corrected chi connectivity index (χ0v) is 13.7. The highest BCUT2D eigenvalue weighted by Gasteiger charge is 2.29. The predicted octanol–water partition coefficient (Wildman–Crippen LogP) is 3.75. The Morgan fingerprint density at radius 3 is 2.23 bits per heavy atom. The zero-order valence-electron chi connectivity index (χ0n) is 13.7. The van der Waals surface area contributed by atoms with Gasteiger partial charge in [-0.25, -0.2) is 4.68 Å². The third-order valence-corrected chi connectivity index (χ3v) is 3.84. The first-order chi connectivity index (χ1) is 12.4. The second-order valence-electron chi connectivity index (χ2n) is 5.77. The summed E-state index contributed by atoms with van der Waals surface area (Å²) < 4.78 is 39.3. The number of rotatable bonds is 5. The van der Waals surface area contributed by atoms with Crippen molar-refractivity contribution in [3.63, 3.8) is 0 Å². The van der Waals surface area contributed by atoms with E-state index in [1.54, 1.807) is 10.9 Å². The van der Waals surface area contributed by atoms with Gasteiger partial charge in [-0.05, 0) is 41.5 Å². The summed E-state index contributed by atoms with van der Waals surface area (Å²) in [5.74, 6) is -0.249. The fraction of sp³-hybridized carbons (Fsp3) is 0.158. The molecule has 1 heterocycles. The van der Waals surface area contributed by atoms with Crippen LogP contribution >= 0.6 is 0 Å². The van der Waals surface area contributed by atoms with Crippen LogP contribution < -0.4 is 5.32 Å². The quantitative estimate of drug-likeness (QED) is 0.754. The number of hydrogen-bond donors (Lipinski definition) is 1. The summed E-state index contributed by atoms with van der Waals surface area (Å²) in [4.78, 5) is 12.0. The van der Waals surface area contributed by atoms with Gasteiger partial charge in [-0.15, -0.1) is 0 Å². The number of nitrogens with one attached hydrogen (secondary N) is 1. The van der Waals surface area contributed by atoms with E-state index < -0.39 is 11.7 Å². The van der Waals surface area contributed by atoms with Crippen LogP contribution in [0.25, 0.3) is 5.69 Å². The Bertz CT molecular complexity index is 855. The number of aromatic nitrogens is 2. The summed E-state index contributed by atoms with van der Waals surface area (Å²) in [5, 5.41) is 6.90. The molecule has 0 aliphatic heterocycles. The van der Waals surface area contributed by atoms with Crippen LogP contribution in [0.3, 0.4) is 0 Å². The molecule has 4 nitrogen and oxygen atoms in total. The predicted molar refractivity (Wildman–Crippen MR) is 90.6 cm³/mol. The molecule has 134 valence electrons. The maximum absolute atomic E-state index is 12.5. The molecule has 1 N–H and O–H groups in total. The first-order valence-corrected chi connectivity index (χ1v) is 7.93. The Morgan fingerprint density at radius 1 is 1.00 bits per heavy atom. The van der Waals surface area contributed by atoms with Gasteiger partial charge in [-0.1, -0.05) is 24.3 Å². The van der Waals surface area contributed by atoms with Crippen LogP contribution in [0.15, 0.2) is 67.0 Å². The number of benzene rings is 2. The molecule has 0 fully saturated rings. The monoisotopic (exact) mass is 359 g/mol. The lowest BCUT2D eigenvalue weighted by Gasteiger charge is -2.09. The van der Waals surface area contributed by atoms with E-state index in [4.69, 9.17) is 0 Å². The van der Waals surface area contributed by atoms with Crippen LogP contribution in [0.1, 0.15) is 16.7 Å². The molecule has 0 unspecified atom stereocenters. The van der Waals surface area contributed by atoms with Crippen LogP contribution in [0, 0.1) is 0 Å². The number of carbonyl (C=O) groups excluding carboxylic acids is 1. The molecule has 3 aromatic rings. The average Bonchev–Trinajstić information content (AvgIpc) is 3.15. The number of nitrogens with zero attached hydrogens (tertiary/aromatic N) is 2. The average molecular weight is 359 g/mol. The minimum absolute atomic E-state index is 0.0313. The summed E-state index contributed by atoms with van der Waals surface area (Å²) in [6.45, 7) is 0.346. The van der Waals surface area contributed by atoms with Gasteiger partial charge in [0.05, 0.1) is 17.7 Å². The Morgan fingerprint density at radius 2 is 1.65 bits per heavy atom. The molecule has 1 amide bonds. The van der Waals surface area contributed by atoms with Crippen molar-refractivity contribution in [3.05, 3.63) is 83.7 Å². The molecule has 0 aliphatic rings. The van der Waals surface area contributed by atoms with Crippen molar-refractivity contribution >= 4 is 5.91 Å². The molecule has 3 rings (SSSR count). The van der Waals surface area contributed by atoms with Crippen molar-refractivity contribution in [2.45, 2.75) is 19.1 Å². The third kappa shape index (κ3) is 4.50. The van der Waals surface area contributed by atoms with E-state index in [2.05, 4.69) is 10.4 Å². The van der Waals surface area contributed by atoms with Crippen molar-refractivity contribution in [1.29, 1.82) is 0 Å². The molecule has 7 heteroatoms. The lowest BCUT2D eigenvalue weighted by atomic mass is 10.1. The SMILES string of the molecule is O=C(Cc1ccc(C(F)(F)F)cc1)NCc1ccc(-n2cccn2)cc1. The minimum Gasteiger partial charge on any atom is -0.352 e. The van der Waals surface area contributed by atoms with Crippen LogP contribution in [0.5, 0.6) is 0 Å². The van der Waals surface area contributed by atoms with Crippen molar-refractivity contribution < 1.29 is 18.0 Å². The second-order valence-corrected chi connectivity index (χ2v) is 5.77. The molecular weight excluding hydrogens is 343 g/mol. The van der Waals surface area contributed by atoms with Gasteiger partial charge in [0.2, 0.25) is 5.91 Å². The maximum Gasteiger partial charge on any atom is 0.416 e. The van der Waals surface area contributed by atoms with Gasteiger partial charge in [0.1, 0.15) is 0 Å². The molecule has 0 spiro atoms. The lowest BCUT2D eigenvalue weighted by molar-refractivity contribution is -0.137. The van der Waals surface area contributed by atoms with Crippen molar-refractivity contribution in [3.8, 4) is 5.69 Å². The summed E-state index contributed by atoms with van der Waals surface area (Å²) in [6, 6.07) is 14.0. The largest absolute Gasteiger partial charge is 0.416 e. The van der Waals surface area contributed by atoms with Crippen LogP contribution in [0.4, 0.5) is 13.2 Å². The third-order valence-electron chi connectivity index (χ3n) is 3.84. The standard InChI is InChI=1S/C19H16F3N3O/c20-19(21,22)16-6-2-14(3-7-16)12-18(26)23-13-15-4-8-17(9-5-15)25-11-1-10-24-25/h1-11H,12-13H2,(H,23,26). The molecule has 0 radical (unpaired) electrons. The van der Waals surface area contributed by atoms with Crippen molar-refractivity contribution in [2.24, 2.45) is 0 Å². The second kappa shape index (κ2) is 7.43. The van der Waals surface area contributed by atoms with Gasteiger partial charge < -0.3 is 5.32 Å². The molecule has 2 aromatic carbocycles. The van der Waals surface area contributed by atoms with E-state index in [1.807, 2.05) is 36.5 Å². The minimum atomic E-state index is -4.37. The van der Waals surface area contributed by atoms with Crippen LogP contribution in [0.2, 0.25) is 0 Å². The highest BCUT2D eigenvalue weighted by Crippen LogP contribution is 2.29. The molecule has 0 bridgehead atoms. The Hall–Kier alpha value is -3.09. The topological polar surface area (TPSA) is 46.9 Å². The first-order valence-electron chi connectivity index (χ1n) is 7.93. The molecule has 1 aromatic heterocycles. The fourth-order valence-electron chi connectivity index (χ4n) is 2.45. The van der Waals surface area contributed by atoms with Crippen molar-refractivity contribution in [2.75, 3.05) is 0 Å². The number of amides is 1. The summed E-state index contributed by atoms with van der Waals surface area (Å²) in [5.41, 5.74) is 1.64. The van der Waals surface area contributed by atoms with Crippen LogP contribution in [-0.4, -0.2) is 15.7 Å². The fourth-order valence-corrected chi connectivity index (χ4v) is 2.45. The van der Waals surface area contributed by atoms with E-state index in [0.29, 0.717) is 12.1 Å². The van der Waals surface area contributed by atoms with Gasteiger partial charge in [-0.2, -0.15) is 18.3 Å². The summed E-state index contributed by atoms with van der Waals surface area (Å²) >= 11 is 0. The highest BCUT2D eigenvalue weighted by molar-refractivity contribution is 5.78. The molecule has 26 heavy (non-hydrogen) atoms. The lowest BCUT2D eigenvalue weighted by Crippen LogP contribution is -2.24. The Kier molecular flexibility index (Phi) is 5.06. The molecule has 0 atom stereocenters. The molecule has 0 aliphatic carbocycles. The zero-order chi connectivity index (χ0) is 18.6. The van der Waals surface area contributed by atoms with E-state index in [9.17, 15) is 18.0 Å². The van der Waals surface area contributed by atoms with E-state index >= 15 is 0 Å². The van der Waals surface area contributed by atoms with Gasteiger partial charge in [0.15, 0.2) is 0 Å². The van der Waals surface area contributed by atoms with Gasteiger partial charge >= 0.3 is 6.18 Å². The summed E-state index contributed by atoms with van der Waals surface area (Å²) in [6.07, 6.45) is -0.817. The number of carbonyl (C=O) groups is 1. The first kappa shape index (κ1) is 17.7. The smallest absolute Gasteiger partial charge is 0.352 e. The van der Waals surface area contributed by atoms with Gasteiger partial charge in [0, 0.05) is 18.9 Å². The highest BCUT2D eigenvalue weighted by atomic mass is 19.4. The maximum atomic E-state index is 12.5. The molecular formula is C19H16F3N3O. The van der Waals surface area contributed by atoms with E-state index in [-0.39, 0.29) is 12.3 Å². The van der Waals surface area contributed by atoms with Gasteiger partial charge in [-0.3, -0.25) is 4.79 Å². The van der Waals surface area contributed by atoms with E-state index in [1.165, 1.54) is 12.1 Å². The number of halogens is 3. The van der Waals surface area contributed by atoms with Gasteiger partial charge in [0.25, 0.3) is 0 Å².